The second kappa shape index (κ2) is 9.77. The first-order valence-corrected chi connectivity index (χ1v) is 10.8. The third kappa shape index (κ3) is 4.72. The predicted octanol–water partition coefficient (Wildman–Crippen LogP) is 3.29. The van der Waals surface area contributed by atoms with E-state index in [1.807, 2.05) is 31.2 Å². The molecule has 3 amide bonds. The first-order chi connectivity index (χ1) is 15.2. The van der Waals surface area contributed by atoms with Crippen LogP contribution in [0.5, 0.6) is 0 Å². The molecule has 0 saturated heterocycles. The van der Waals surface area contributed by atoms with Gasteiger partial charge < -0.3 is 10.1 Å². The molecule has 0 bridgehead atoms. The fraction of sp³-hybridized carbons (Fsp3) is 0.360. The normalized spacial score (nSPS) is 14.8. The molecule has 0 radical (unpaired) electrons. The van der Waals surface area contributed by atoms with E-state index in [-0.39, 0.29) is 23.1 Å². The van der Waals surface area contributed by atoms with Crippen LogP contribution in [0.15, 0.2) is 48.5 Å². The molecule has 0 saturated carbocycles. The second-order valence-electron chi connectivity index (χ2n) is 8.21. The number of fused-ring (bicyclic) bond motifs is 1. The predicted molar refractivity (Wildman–Crippen MR) is 119 cm³/mol. The van der Waals surface area contributed by atoms with Gasteiger partial charge in [-0.3, -0.25) is 19.3 Å². The Balaban J connectivity index is 1.62. The zero-order valence-corrected chi connectivity index (χ0v) is 18.8. The average molecular weight is 437 g/mol. The SMILES string of the molecule is CCc1ccc(C(C)NC(=O)COC(=O)[C@H](C(C)C)N2C(=O)c3ccccc3C2=O)cc1. The molecule has 1 unspecified atom stereocenters. The number of rotatable bonds is 8. The molecule has 168 valence electrons. The van der Waals surface area contributed by atoms with E-state index >= 15 is 0 Å². The van der Waals surface area contributed by atoms with Crippen LogP contribution < -0.4 is 5.32 Å². The molecule has 2 atom stereocenters. The van der Waals surface area contributed by atoms with Gasteiger partial charge in [0.15, 0.2) is 6.61 Å². The van der Waals surface area contributed by atoms with Crippen molar-refractivity contribution in [1.29, 1.82) is 0 Å². The van der Waals surface area contributed by atoms with Crippen molar-refractivity contribution in [2.45, 2.75) is 46.2 Å². The maximum atomic E-state index is 12.8. The van der Waals surface area contributed by atoms with Crippen molar-refractivity contribution in [3.05, 3.63) is 70.8 Å². The van der Waals surface area contributed by atoms with Crippen LogP contribution in [0.2, 0.25) is 0 Å². The van der Waals surface area contributed by atoms with Crippen LogP contribution in [0.3, 0.4) is 0 Å². The standard InChI is InChI=1S/C25H28N2O5/c1-5-17-10-12-18(13-11-17)16(4)26-21(28)14-32-25(31)22(15(2)3)27-23(29)19-8-6-7-9-20(19)24(27)30/h6-13,15-16,22H,5,14H2,1-4H3,(H,26,28)/t16?,22-/m0/s1. The molecule has 7 nitrogen and oxygen atoms in total. The Kier molecular flexibility index (Phi) is 7.08. The Labute approximate surface area is 187 Å². The van der Waals surface area contributed by atoms with E-state index in [2.05, 4.69) is 12.2 Å². The van der Waals surface area contributed by atoms with Crippen molar-refractivity contribution in [3.8, 4) is 0 Å². The zero-order valence-electron chi connectivity index (χ0n) is 18.8. The van der Waals surface area contributed by atoms with Gasteiger partial charge in [0.2, 0.25) is 0 Å². The lowest BCUT2D eigenvalue weighted by Crippen LogP contribution is -2.49. The number of carbonyl (C=O) groups excluding carboxylic acids is 4. The van der Waals surface area contributed by atoms with Crippen LogP contribution in [0.25, 0.3) is 0 Å². The van der Waals surface area contributed by atoms with E-state index in [1.165, 1.54) is 5.56 Å². The van der Waals surface area contributed by atoms with Crippen LogP contribution in [0.1, 0.15) is 65.6 Å². The summed E-state index contributed by atoms with van der Waals surface area (Å²) in [7, 11) is 0. The maximum Gasteiger partial charge on any atom is 0.330 e. The fourth-order valence-electron chi connectivity index (χ4n) is 3.77. The zero-order chi connectivity index (χ0) is 23.4. The van der Waals surface area contributed by atoms with Crippen molar-refractivity contribution >= 4 is 23.7 Å². The first kappa shape index (κ1) is 23.2. The van der Waals surface area contributed by atoms with E-state index in [4.69, 9.17) is 4.74 Å². The minimum Gasteiger partial charge on any atom is -0.454 e. The van der Waals surface area contributed by atoms with Gasteiger partial charge in [0, 0.05) is 0 Å². The van der Waals surface area contributed by atoms with E-state index in [0.29, 0.717) is 0 Å². The maximum absolute atomic E-state index is 12.8. The largest absolute Gasteiger partial charge is 0.454 e. The number of benzene rings is 2. The number of aryl methyl sites for hydroxylation is 1. The van der Waals surface area contributed by atoms with E-state index in [0.717, 1.165) is 16.9 Å². The number of hydrogen-bond donors (Lipinski definition) is 1. The van der Waals surface area contributed by atoms with Gasteiger partial charge in [-0.2, -0.15) is 0 Å². The lowest BCUT2D eigenvalue weighted by Gasteiger charge is -2.27. The highest BCUT2D eigenvalue weighted by molar-refractivity contribution is 6.22. The van der Waals surface area contributed by atoms with Gasteiger partial charge in [0.05, 0.1) is 17.2 Å². The molecular weight excluding hydrogens is 408 g/mol. The van der Waals surface area contributed by atoms with E-state index in [9.17, 15) is 19.2 Å². The molecule has 0 spiro atoms. The van der Waals surface area contributed by atoms with E-state index in [1.54, 1.807) is 38.1 Å². The van der Waals surface area contributed by atoms with Crippen molar-refractivity contribution in [3.63, 3.8) is 0 Å². The minimum atomic E-state index is -1.12. The second-order valence-corrected chi connectivity index (χ2v) is 8.21. The summed E-state index contributed by atoms with van der Waals surface area (Å²) in [6, 6.07) is 13.0. The highest BCUT2D eigenvalue weighted by Crippen LogP contribution is 2.27. The van der Waals surface area contributed by atoms with Gasteiger partial charge in [0.1, 0.15) is 6.04 Å². The number of amides is 3. The van der Waals surface area contributed by atoms with Gasteiger partial charge in [-0.25, -0.2) is 4.79 Å². The molecule has 2 aromatic rings. The summed E-state index contributed by atoms with van der Waals surface area (Å²) in [5.41, 5.74) is 2.66. The Morgan fingerprint density at radius 1 is 0.938 bits per heavy atom. The van der Waals surface area contributed by atoms with Gasteiger partial charge in [-0.15, -0.1) is 0 Å². The summed E-state index contributed by atoms with van der Waals surface area (Å²) < 4.78 is 5.21. The molecule has 3 rings (SSSR count). The molecule has 1 aliphatic heterocycles. The highest BCUT2D eigenvalue weighted by Gasteiger charge is 2.44. The topological polar surface area (TPSA) is 92.8 Å². The quantitative estimate of drug-likeness (QED) is 0.506. The summed E-state index contributed by atoms with van der Waals surface area (Å²) in [5, 5.41) is 2.79. The van der Waals surface area contributed by atoms with Crippen LogP contribution in [-0.2, 0) is 20.7 Å². The monoisotopic (exact) mass is 436 g/mol. The van der Waals surface area contributed by atoms with Gasteiger partial charge in [0.25, 0.3) is 17.7 Å². The molecular formula is C25H28N2O5. The Bertz CT molecular complexity index is 994. The number of hydrogen-bond acceptors (Lipinski definition) is 5. The van der Waals surface area contributed by atoms with E-state index < -0.39 is 36.3 Å². The smallest absolute Gasteiger partial charge is 0.330 e. The lowest BCUT2D eigenvalue weighted by atomic mass is 10.0. The Hall–Kier alpha value is -3.48. The molecule has 32 heavy (non-hydrogen) atoms. The summed E-state index contributed by atoms with van der Waals surface area (Å²) in [6.45, 7) is 6.86. The number of carbonyl (C=O) groups is 4. The number of esters is 1. The number of nitrogens with zero attached hydrogens (tertiary/aromatic N) is 1. The lowest BCUT2D eigenvalue weighted by molar-refractivity contribution is -0.153. The van der Waals surface area contributed by atoms with Crippen molar-refractivity contribution in [2.75, 3.05) is 6.61 Å². The summed E-state index contributed by atoms with van der Waals surface area (Å²) in [6.07, 6.45) is 0.932. The molecule has 1 N–H and O–H groups in total. The Morgan fingerprint density at radius 3 is 2.00 bits per heavy atom. The van der Waals surface area contributed by atoms with Gasteiger partial charge >= 0.3 is 5.97 Å². The number of ether oxygens (including phenoxy) is 1. The van der Waals surface area contributed by atoms with Crippen LogP contribution >= 0.6 is 0 Å². The van der Waals surface area contributed by atoms with Crippen LogP contribution in [0, 0.1) is 5.92 Å². The molecule has 1 heterocycles. The molecule has 0 fully saturated rings. The van der Waals surface area contributed by atoms with Crippen molar-refractivity contribution < 1.29 is 23.9 Å². The molecule has 0 aromatic heterocycles. The fourth-order valence-corrected chi connectivity index (χ4v) is 3.77. The molecule has 2 aromatic carbocycles. The summed E-state index contributed by atoms with van der Waals surface area (Å²) in [4.78, 5) is 51.6. The number of imide groups is 1. The average Bonchev–Trinajstić information content (AvgIpc) is 3.03. The van der Waals surface area contributed by atoms with Gasteiger partial charge in [-0.05, 0) is 42.5 Å². The molecule has 1 aliphatic rings. The minimum absolute atomic E-state index is 0.260. The first-order valence-electron chi connectivity index (χ1n) is 10.8. The van der Waals surface area contributed by atoms with Crippen molar-refractivity contribution in [1.82, 2.24) is 10.2 Å². The van der Waals surface area contributed by atoms with Gasteiger partial charge in [-0.1, -0.05) is 57.2 Å². The third-order valence-electron chi connectivity index (χ3n) is 5.59. The molecule has 7 heteroatoms. The summed E-state index contributed by atoms with van der Waals surface area (Å²) in [5.74, 6) is -2.70. The van der Waals surface area contributed by atoms with Crippen molar-refractivity contribution in [2.24, 2.45) is 5.92 Å². The highest BCUT2D eigenvalue weighted by atomic mass is 16.5. The van der Waals surface area contributed by atoms with Crippen LogP contribution in [-0.4, -0.2) is 41.2 Å². The van der Waals surface area contributed by atoms with Crippen LogP contribution in [0.4, 0.5) is 0 Å². The summed E-state index contributed by atoms with van der Waals surface area (Å²) >= 11 is 0. The number of nitrogens with one attached hydrogen (secondary N) is 1. The third-order valence-corrected chi connectivity index (χ3v) is 5.59. The Morgan fingerprint density at radius 2 is 1.50 bits per heavy atom. The molecule has 0 aliphatic carbocycles.